The Kier molecular flexibility index (Phi) is 3.64. The lowest BCUT2D eigenvalue weighted by Crippen LogP contribution is -2.21. The van der Waals surface area contributed by atoms with Crippen molar-refractivity contribution in [3.8, 4) is 0 Å². The Hall–Kier alpha value is -1.16. The van der Waals surface area contributed by atoms with Crippen LogP contribution in [0, 0.1) is 5.95 Å². The Balaban J connectivity index is 2.37. The molecule has 1 aromatic rings. The van der Waals surface area contributed by atoms with E-state index in [4.69, 9.17) is 0 Å². The van der Waals surface area contributed by atoms with Gasteiger partial charge in [0, 0.05) is 13.1 Å². The first-order valence-electron chi connectivity index (χ1n) is 4.19. The standard InChI is InChI=1S/C9H14FN3/c1-13(2)7-6-11-9-5-3-4-8(10)12-9/h3-5H,6-7H2,1-2H3,(H,11,12). The number of rotatable bonds is 4. The lowest BCUT2D eigenvalue weighted by Gasteiger charge is -2.10. The predicted molar refractivity (Wildman–Crippen MR) is 51.2 cm³/mol. The largest absolute Gasteiger partial charge is 0.369 e. The predicted octanol–water partition coefficient (Wildman–Crippen LogP) is 1.19. The zero-order chi connectivity index (χ0) is 9.68. The molecule has 13 heavy (non-hydrogen) atoms. The van der Waals surface area contributed by atoms with Gasteiger partial charge in [0.1, 0.15) is 5.82 Å². The van der Waals surface area contributed by atoms with Crippen LogP contribution < -0.4 is 5.32 Å². The molecule has 0 radical (unpaired) electrons. The van der Waals surface area contributed by atoms with E-state index in [2.05, 4.69) is 10.3 Å². The van der Waals surface area contributed by atoms with Gasteiger partial charge < -0.3 is 10.2 Å². The average molecular weight is 183 g/mol. The van der Waals surface area contributed by atoms with Gasteiger partial charge >= 0.3 is 0 Å². The highest BCUT2D eigenvalue weighted by Gasteiger charge is 1.95. The summed E-state index contributed by atoms with van der Waals surface area (Å²) in [6.07, 6.45) is 0. The molecule has 0 aromatic carbocycles. The molecule has 72 valence electrons. The van der Waals surface area contributed by atoms with Gasteiger partial charge in [-0.2, -0.15) is 4.39 Å². The molecule has 1 N–H and O–H groups in total. The van der Waals surface area contributed by atoms with Crippen LogP contribution in [0.15, 0.2) is 18.2 Å². The Morgan fingerprint density at radius 1 is 1.46 bits per heavy atom. The molecule has 0 spiro atoms. The summed E-state index contributed by atoms with van der Waals surface area (Å²) in [5.74, 6) is 0.136. The van der Waals surface area contributed by atoms with Crippen LogP contribution >= 0.6 is 0 Å². The summed E-state index contributed by atoms with van der Waals surface area (Å²) in [4.78, 5) is 5.72. The third kappa shape index (κ3) is 3.85. The summed E-state index contributed by atoms with van der Waals surface area (Å²) in [7, 11) is 3.97. The highest BCUT2D eigenvalue weighted by atomic mass is 19.1. The van der Waals surface area contributed by atoms with E-state index in [-0.39, 0.29) is 0 Å². The van der Waals surface area contributed by atoms with E-state index < -0.39 is 5.95 Å². The Morgan fingerprint density at radius 2 is 2.23 bits per heavy atom. The molecule has 0 amide bonds. The Morgan fingerprint density at radius 3 is 2.85 bits per heavy atom. The molecule has 3 nitrogen and oxygen atoms in total. The molecule has 1 aromatic heterocycles. The minimum atomic E-state index is -0.449. The second-order valence-electron chi connectivity index (χ2n) is 3.08. The summed E-state index contributed by atoms with van der Waals surface area (Å²) < 4.78 is 12.6. The van der Waals surface area contributed by atoms with E-state index in [1.807, 2.05) is 19.0 Å². The number of nitrogens with zero attached hydrogens (tertiary/aromatic N) is 2. The quantitative estimate of drug-likeness (QED) is 0.711. The normalized spacial score (nSPS) is 10.5. The van der Waals surface area contributed by atoms with Crippen LogP contribution in [0.3, 0.4) is 0 Å². The number of nitrogens with one attached hydrogen (secondary N) is 1. The van der Waals surface area contributed by atoms with E-state index in [1.165, 1.54) is 6.07 Å². The summed E-state index contributed by atoms with van der Waals surface area (Å²) in [6.45, 7) is 1.67. The lowest BCUT2D eigenvalue weighted by atomic mass is 10.4. The highest BCUT2D eigenvalue weighted by Crippen LogP contribution is 2.02. The summed E-state index contributed by atoms with van der Waals surface area (Å²) in [5, 5.41) is 3.02. The third-order valence-electron chi connectivity index (χ3n) is 1.58. The van der Waals surface area contributed by atoms with Gasteiger partial charge in [-0.25, -0.2) is 4.98 Å². The topological polar surface area (TPSA) is 28.2 Å². The fraction of sp³-hybridized carbons (Fsp3) is 0.444. The van der Waals surface area contributed by atoms with Crippen molar-refractivity contribution >= 4 is 5.82 Å². The minimum absolute atomic E-state index is 0.449. The van der Waals surface area contributed by atoms with E-state index in [0.29, 0.717) is 5.82 Å². The Labute approximate surface area is 77.6 Å². The number of likely N-dealkylation sites (N-methyl/N-ethyl adjacent to an activating group) is 1. The van der Waals surface area contributed by atoms with Gasteiger partial charge in [0.15, 0.2) is 0 Å². The maximum atomic E-state index is 12.6. The molecule has 1 rings (SSSR count). The van der Waals surface area contributed by atoms with Crippen molar-refractivity contribution in [2.75, 3.05) is 32.5 Å². The van der Waals surface area contributed by atoms with Crippen LogP contribution in [0.2, 0.25) is 0 Å². The van der Waals surface area contributed by atoms with Gasteiger partial charge in [-0.1, -0.05) is 6.07 Å². The molecule has 0 saturated carbocycles. The van der Waals surface area contributed by atoms with Crippen LogP contribution in [-0.2, 0) is 0 Å². The highest BCUT2D eigenvalue weighted by molar-refractivity contribution is 5.33. The second-order valence-corrected chi connectivity index (χ2v) is 3.08. The van der Waals surface area contributed by atoms with Crippen molar-refractivity contribution in [1.82, 2.24) is 9.88 Å². The van der Waals surface area contributed by atoms with Crippen molar-refractivity contribution in [3.63, 3.8) is 0 Å². The van der Waals surface area contributed by atoms with Gasteiger partial charge in [0.2, 0.25) is 5.95 Å². The van der Waals surface area contributed by atoms with Crippen molar-refractivity contribution in [2.45, 2.75) is 0 Å². The molecular formula is C9H14FN3. The first-order valence-corrected chi connectivity index (χ1v) is 4.19. The zero-order valence-corrected chi connectivity index (χ0v) is 7.92. The third-order valence-corrected chi connectivity index (χ3v) is 1.58. The van der Waals surface area contributed by atoms with Gasteiger partial charge in [0.05, 0.1) is 0 Å². The van der Waals surface area contributed by atoms with E-state index in [0.717, 1.165) is 13.1 Å². The van der Waals surface area contributed by atoms with Gasteiger partial charge in [-0.3, -0.25) is 0 Å². The number of hydrogen-bond donors (Lipinski definition) is 1. The van der Waals surface area contributed by atoms with Crippen molar-refractivity contribution in [2.24, 2.45) is 0 Å². The maximum Gasteiger partial charge on any atom is 0.214 e. The minimum Gasteiger partial charge on any atom is -0.369 e. The van der Waals surface area contributed by atoms with Crippen LogP contribution in [-0.4, -0.2) is 37.1 Å². The van der Waals surface area contributed by atoms with E-state index in [1.54, 1.807) is 12.1 Å². The van der Waals surface area contributed by atoms with Crippen LogP contribution in [0.5, 0.6) is 0 Å². The molecule has 0 fully saturated rings. The lowest BCUT2D eigenvalue weighted by molar-refractivity contribution is 0.425. The molecule has 0 atom stereocenters. The second kappa shape index (κ2) is 4.77. The van der Waals surface area contributed by atoms with E-state index >= 15 is 0 Å². The molecule has 0 bridgehead atoms. The summed E-state index contributed by atoms with van der Waals surface area (Å²) >= 11 is 0. The van der Waals surface area contributed by atoms with Gasteiger partial charge in [-0.15, -0.1) is 0 Å². The molecule has 0 unspecified atom stereocenters. The Bertz CT molecular complexity index is 263. The maximum absolute atomic E-state index is 12.6. The molecule has 0 aliphatic heterocycles. The zero-order valence-electron chi connectivity index (χ0n) is 7.92. The number of anilines is 1. The molecule has 0 aliphatic carbocycles. The molecule has 0 saturated heterocycles. The number of halogens is 1. The number of aromatic nitrogens is 1. The fourth-order valence-electron chi connectivity index (χ4n) is 0.914. The molecule has 4 heteroatoms. The molecule has 0 aliphatic rings. The SMILES string of the molecule is CN(C)CCNc1cccc(F)n1. The average Bonchev–Trinajstić information content (AvgIpc) is 2.03. The van der Waals surface area contributed by atoms with E-state index in [9.17, 15) is 4.39 Å². The monoisotopic (exact) mass is 183 g/mol. The van der Waals surface area contributed by atoms with Crippen molar-refractivity contribution < 1.29 is 4.39 Å². The first kappa shape index (κ1) is 9.92. The smallest absolute Gasteiger partial charge is 0.214 e. The van der Waals surface area contributed by atoms with Crippen LogP contribution in [0.4, 0.5) is 10.2 Å². The van der Waals surface area contributed by atoms with Gasteiger partial charge in [-0.05, 0) is 26.2 Å². The fourth-order valence-corrected chi connectivity index (χ4v) is 0.914. The molecular weight excluding hydrogens is 169 g/mol. The first-order chi connectivity index (χ1) is 6.18. The summed E-state index contributed by atoms with van der Waals surface area (Å²) in [6, 6.07) is 4.72. The summed E-state index contributed by atoms with van der Waals surface area (Å²) in [5.41, 5.74) is 0. The molecule has 1 heterocycles. The van der Waals surface area contributed by atoms with Gasteiger partial charge in [0.25, 0.3) is 0 Å². The van der Waals surface area contributed by atoms with Crippen LogP contribution in [0.1, 0.15) is 0 Å². The number of pyridine rings is 1. The van der Waals surface area contributed by atoms with Crippen molar-refractivity contribution in [3.05, 3.63) is 24.1 Å². The van der Waals surface area contributed by atoms with Crippen LogP contribution in [0.25, 0.3) is 0 Å². The number of hydrogen-bond acceptors (Lipinski definition) is 3. The van der Waals surface area contributed by atoms with Crippen molar-refractivity contribution in [1.29, 1.82) is 0 Å².